The molecule has 0 spiro atoms. The molecular formula is C48H42ClN5O6S2. The number of amides is 2. The maximum Gasteiger partial charge on any atom is 0.356 e. The number of alkyl halides is 1. The van der Waals surface area contributed by atoms with Gasteiger partial charge in [0.1, 0.15) is 34.4 Å². The molecule has 11 nitrogen and oxygen atoms in total. The summed E-state index contributed by atoms with van der Waals surface area (Å²) < 4.78 is 19.9. The zero-order chi connectivity index (χ0) is 43.2. The number of aromatic nitrogens is 1. The second kappa shape index (κ2) is 18.7. The van der Waals surface area contributed by atoms with Crippen molar-refractivity contribution in [1.29, 1.82) is 0 Å². The fourth-order valence-electron chi connectivity index (χ4n) is 7.64. The highest BCUT2D eigenvalue weighted by Gasteiger charge is 2.57. The number of thiazole rings is 1. The lowest BCUT2D eigenvalue weighted by Crippen LogP contribution is -2.74. The number of nitrogens with one attached hydrogen (secondary N) is 2. The minimum absolute atomic E-state index is 0.0806. The maximum absolute atomic E-state index is 14.3. The van der Waals surface area contributed by atoms with Crippen LogP contribution >= 0.6 is 22.9 Å². The molecule has 1 aromatic heterocycles. The topological polar surface area (TPSA) is 139 Å². The van der Waals surface area contributed by atoms with E-state index >= 15 is 0 Å². The number of anilines is 1. The SMILES string of the molecule is CC(C)O/N=C(\C(=O)NC1C(=O)N2C(C(=O)OC(c3ccccc3)c3ccccc3)=C(CCl)CS(=O)[C@H]12)c1csc(NC(c2ccccc2)(c2ccccc2)c2ccccc2)n1. The first-order valence-corrected chi connectivity index (χ1v) is 22.7. The second-order valence-electron chi connectivity index (χ2n) is 14.9. The number of hydrogen-bond donors (Lipinski definition) is 2. The Morgan fingerprint density at radius 3 is 1.82 bits per heavy atom. The number of oxime groups is 1. The van der Waals surface area contributed by atoms with Gasteiger partial charge in [-0.1, -0.05) is 157 Å². The number of carbonyl (C=O) groups is 3. The van der Waals surface area contributed by atoms with E-state index < -0.39 is 57.7 Å². The van der Waals surface area contributed by atoms with E-state index in [0.717, 1.165) is 32.7 Å². The van der Waals surface area contributed by atoms with Gasteiger partial charge in [0.05, 0.1) is 16.6 Å². The van der Waals surface area contributed by atoms with Crippen LogP contribution in [0.3, 0.4) is 0 Å². The van der Waals surface area contributed by atoms with E-state index in [2.05, 4.69) is 15.8 Å². The first kappa shape index (κ1) is 42.3. The molecule has 2 N–H and O–H groups in total. The molecule has 3 atom stereocenters. The van der Waals surface area contributed by atoms with Gasteiger partial charge in [0.2, 0.25) is 0 Å². The average molecular weight is 884 g/mol. The average Bonchev–Trinajstić information content (AvgIpc) is 3.77. The minimum atomic E-state index is -1.73. The van der Waals surface area contributed by atoms with E-state index in [-0.39, 0.29) is 28.7 Å². The lowest BCUT2D eigenvalue weighted by atomic mass is 9.77. The fourth-order valence-corrected chi connectivity index (χ4v) is 10.4. The van der Waals surface area contributed by atoms with E-state index in [1.165, 1.54) is 11.3 Å². The van der Waals surface area contributed by atoms with Crippen LogP contribution < -0.4 is 10.6 Å². The highest BCUT2D eigenvalue weighted by Crippen LogP contribution is 2.41. The van der Waals surface area contributed by atoms with Gasteiger partial charge in [-0.3, -0.25) is 18.7 Å². The van der Waals surface area contributed by atoms with Crippen molar-refractivity contribution in [3.05, 3.63) is 202 Å². The molecule has 0 radical (unpaired) electrons. The van der Waals surface area contributed by atoms with E-state index in [9.17, 15) is 18.6 Å². The molecule has 5 aromatic carbocycles. The standard InChI is InChI=1S/C48H42ClN5O6S2/c1-31(2)60-53-39(38-29-61-47(50-38)52-48(35-22-12-5-13-23-35,36-24-14-6-15-25-36)37-26-16-7-17-27-37)43(55)51-40-44(56)54-41(34(28-49)30-62(58)45(40)54)46(57)59-42(32-18-8-3-9-19-32)33-20-10-4-11-21-33/h3-27,29,31,40,42,45H,28,30H2,1-2H3,(H,50,52)(H,51,55)/b53-39-/t40?,45-,62?/m1/s1. The van der Waals surface area contributed by atoms with Crippen LogP contribution in [0.2, 0.25) is 0 Å². The molecule has 2 aliphatic heterocycles. The highest BCUT2D eigenvalue weighted by molar-refractivity contribution is 7.86. The van der Waals surface area contributed by atoms with Crippen LogP contribution in [0.5, 0.6) is 0 Å². The third-order valence-corrected chi connectivity index (χ3v) is 13.2. The van der Waals surface area contributed by atoms with Crippen molar-refractivity contribution in [2.45, 2.75) is 43.0 Å². The minimum Gasteiger partial charge on any atom is -0.448 e. The predicted octanol–water partition coefficient (Wildman–Crippen LogP) is 7.92. The Morgan fingerprint density at radius 1 is 0.839 bits per heavy atom. The molecule has 3 heterocycles. The molecule has 1 fully saturated rings. The van der Waals surface area contributed by atoms with Gasteiger partial charge in [-0.25, -0.2) is 9.78 Å². The summed E-state index contributed by atoms with van der Waals surface area (Å²) in [5, 5.41) is 11.8. The zero-order valence-corrected chi connectivity index (χ0v) is 36.1. The monoisotopic (exact) mass is 883 g/mol. The molecule has 2 amide bonds. The molecule has 62 heavy (non-hydrogen) atoms. The van der Waals surface area contributed by atoms with Crippen LogP contribution in [0.4, 0.5) is 5.13 Å². The predicted molar refractivity (Wildman–Crippen MR) is 242 cm³/mol. The van der Waals surface area contributed by atoms with Gasteiger partial charge in [-0.15, -0.1) is 22.9 Å². The number of nitrogens with zero attached hydrogens (tertiary/aromatic N) is 3. The number of halogens is 1. The molecule has 0 saturated carbocycles. The Balaban J connectivity index is 1.07. The number of carbonyl (C=O) groups excluding carboxylic acids is 3. The summed E-state index contributed by atoms with van der Waals surface area (Å²) >= 11 is 7.60. The largest absolute Gasteiger partial charge is 0.448 e. The summed E-state index contributed by atoms with van der Waals surface area (Å²) in [5.41, 5.74) is 3.65. The smallest absolute Gasteiger partial charge is 0.356 e. The Hall–Kier alpha value is -6.41. The number of hydrogen-bond acceptors (Lipinski definition) is 10. The van der Waals surface area contributed by atoms with Crippen LogP contribution in [0, 0.1) is 0 Å². The molecule has 0 aliphatic carbocycles. The molecule has 314 valence electrons. The summed E-state index contributed by atoms with van der Waals surface area (Å²) in [6, 6.07) is 47.3. The van der Waals surface area contributed by atoms with Gasteiger partial charge in [-0.2, -0.15) is 0 Å². The van der Waals surface area contributed by atoms with Crippen LogP contribution in [0.25, 0.3) is 0 Å². The summed E-state index contributed by atoms with van der Waals surface area (Å²) in [7, 11) is -1.73. The highest BCUT2D eigenvalue weighted by atomic mass is 35.5. The van der Waals surface area contributed by atoms with Crippen molar-refractivity contribution >= 4 is 62.4 Å². The molecule has 8 rings (SSSR count). The summed E-state index contributed by atoms with van der Waals surface area (Å²) in [5.74, 6) is -2.48. The lowest BCUT2D eigenvalue weighted by Gasteiger charge is -2.49. The molecule has 14 heteroatoms. The van der Waals surface area contributed by atoms with Crippen LogP contribution in [0.15, 0.2) is 173 Å². The molecule has 6 aromatic rings. The number of fused-ring (bicyclic) bond motifs is 1. The zero-order valence-electron chi connectivity index (χ0n) is 33.7. The van der Waals surface area contributed by atoms with Crippen LogP contribution in [0.1, 0.15) is 53.5 Å². The Bertz CT molecular complexity index is 2490. The molecule has 2 aliphatic rings. The number of benzene rings is 5. The molecule has 2 unspecified atom stereocenters. The van der Waals surface area contributed by atoms with Gasteiger partial charge < -0.3 is 20.2 Å². The van der Waals surface area contributed by atoms with Gasteiger partial charge in [0.25, 0.3) is 11.8 Å². The normalized spacial score (nSPS) is 17.6. The second-order valence-corrected chi connectivity index (χ2v) is 17.5. The number of β-lactam (4-membered cyclic amide) rings is 1. The van der Waals surface area contributed by atoms with E-state index in [1.807, 2.05) is 152 Å². The van der Waals surface area contributed by atoms with Crippen molar-refractivity contribution in [3.63, 3.8) is 0 Å². The molecule has 1 saturated heterocycles. The van der Waals surface area contributed by atoms with Crippen LogP contribution in [-0.2, 0) is 40.3 Å². The van der Waals surface area contributed by atoms with E-state index in [0.29, 0.717) is 10.7 Å². The summed E-state index contributed by atoms with van der Waals surface area (Å²) in [6.07, 6.45) is -1.20. The van der Waals surface area contributed by atoms with Gasteiger partial charge >= 0.3 is 5.97 Å². The Kier molecular flexibility index (Phi) is 12.7. The molecule has 0 bridgehead atoms. The molecular weight excluding hydrogens is 842 g/mol. The van der Waals surface area contributed by atoms with E-state index in [1.54, 1.807) is 19.2 Å². The third-order valence-electron chi connectivity index (χ3n) is 10.5. The number of rotatable bonds is 15. The first-order chi connectivity index (χ1) is 30.2. The Labute approximate surface area is 370 Å². The number of esters is 1. The summed E-state index contributed by atoms with van der Waals surface area (Å²) in [6.45, 7) is 3.53. The van der Waals surface area contributed by atoms with Crippen molar-refractivity contribution in [1.82, 2.24) is 15.2 Å². The van der Waals surface area contributed by atoms with E-state index in [4.69, 9.17) is 26.2 Å². The van der Waals surface area contributed by atoms with Crippen LogP contribution in [-0.4, -0.2) is 66.7 Å². The first-order valence-electron chi connectivity index (χ1n) is 19.9. The Morgan fingerprint density at radius 2 is 1.34 bits per heavy atom. The third kappa shape index (κ3) is 8.43. The van der Waals surface area contributed by atoms with Crippen molar-refractivity contribution < 1.29 is 28.2 Å². The lowest BCUT2D eigenvalue weighted by molar-refractivity contribution is -0.154. The maximum atomic E-state index is 14.3. The number of ether oxygens (including phenoxy) is 1. The van der Waals surface area contributed by atoms with Gasteiger partial charge in [-0.05, 0) is 47.2 Å². The van der Waals surface area contributed by atoms with Gasteiger partial charge in [0.15, 0.2) is 16.9 Å². The fraction of sp³-hybridized carbons (Fsp3) is 0.188. The van der Waals surface area contributed by atoms with Crippen molar-refractivity contribution in [3.8, 4) is 0 Å². The van der Waals surface area contributed by atoms with Crippen molar-refractivity contribution in [2.75, 3.05) is 16.9 Å². The quantitative estimate of drug-likeness (QED) is 0.0265. The summed E-state index contributed by atoms with van der Waals surface area (Å²) in [4.78, 5) is 54.1. The van der Waals surface area contributed by atoms with Crippen molar-refractivity contribution in [2.24, 2.45) is 5.16 Å². The van der Waals surface area contributed by atoms with Gasteiger partial charge in [0, 0.05) is 11.3 Å².